The van der Waals surface area contributed by atoms with E-state index in [1.165, 1.54) is 0 Å². The number of pyridine rings is 1. The Morgan fingerprint density at radius 3 is 3.06 bits per heavy atom. The van der Waals surface area contributed by atoms with Crippen LogP contribution in [0, 0.1) is 0 Å². The third-order valence-corrected chi connectivity index (χ3v) is 1.99. The van der Waals surface area contributed by atoms with Gasteiger partial charge in [-0.15, -0.1) is 0 Å². The molecule has 5 heteroatoms. The van der Waals surface area contributed by atoms with Crippen molar-refractivity contribution in [1.29, 1.82) is 0 Å². The molecule has 3 N–H and O–H groups in total. The molecule has 0 aliphatic carbocycles. The molecule has 0 amide bonds. The van der Waals surface area contributed by atoms with Gasteiger partial charge in [-0.3, -0.25) is 0 Å². The third kappa shape index (κ3) is 4.51. The molecular weight excluding hydrogens is 226 g/mol. The lowest BCUT2D eigenvalue weighted by Crippen LogP contribution is -2.12. The highest BCUT2D eigenvalue weighted by Gasteiger charge is 2.00. The van der Waals surface area contributed by atoms with Gasteiger partial charge in [-0.1, -0.05) is 23.8 Å². The first-order valence-corrected chi connectivity index (χ1v) is 5.35. The van der Waals surface area contributed by atoms with E-state index in [9.17, 15) is 0 Å². The lowest BCUT2D eigenvalue weighted by Gasteiger charge is -2.08. The van der Waals surface area contributed by atoms with Gasteiger partial charge < -0.3 is 15.8 Å². The van der Waals surface area contributed by atoms with Gasteiger partial charge in [0.25, 0.3) is 0 Å². The number of hydrogen-bond acceptors (Lipinski definition) is 4. The van der Waals surface area contributed by atoms with Crippen LogP contribution in [-0.2, 0) is 4.74 Å². The SMILES string of the molecule is C=C(C)COCCNc1nc(Cl)ccc1N. The second-order valence-corrected chi connectivity index (χ2v) is 3.90. The number of halogens is 1. The zero-order valence-electron chi connectivity index (χ0n) is 9.29. The molecule has 0 saturated carbocycles. The zero-order chi connectivity index (χ0) is 12.0. The molecule has 0 aliphatic heterocycles. The Morgan fingerprint density at radius 2 is 2.38 bits per heavy atom. The van der Waals surface area contributed by atoms with Crippen LogP contribution in [0.4, 0.5) is 11.5 Å². The van der Waals surface area contributed by atoms with Crippen molar-refractivity contribution in [2.24, 2.45) is 0 Å². The van der Waals surface area contributed by atoms with E-state index >= 15 is 0 Å². The highest BCUT2D eigenvalue weighted by molar-refractivity contribution is 6.29. The molecule has 0 fully saturated rings. The summed E-state index contributed by atoms with van der Waals surface area (Å²) in [5.74, 6) is 0.589. The minimum Gasteiger partial charge on any atom is -0.396 e. The quantitative estimate of drug-likeness (QED) is 0.456. The molecular formula is C11H16ClN3O. The van der Waals surface area contributed by atoms with E-state index in [4.69, 9.17) is 22.1 Å². The van der Waals surface area contributed by atoms with E-state index in [-0.39, 0.29) is 0 Å². The number of ether oxygens (including phenoxy) is 1. The molecule has 0 saturated heterocycles. The van der Waals surface area contributed by atoms with Gasteiger partial charge in [-0.05, 0) is 19.1 Å². The number of nitrogen functional groups attached to an aromatic ring is 1. The van der Waals surface area contributed by atoms with Crippen molar-refractivity contribution in [2.75, 3.05) is 30.8 Å². The summed E-state index contributed by atoms with van der Waals surface area (Å²) >= 11 is 5.75. The molecule has 1 aromatic heterocycles. The maximum Gasteiger partial charge on any atom is 0.151 e. The average Bonchev–Trinajstić information content (AvgIpc) is 2.22. The summed E-state index contributed by atoms with van der Waals surface area (Å²) in [6, 6.07) is 3.37. The first-order chi connectivity index (χ1) is 7.59. The largest absolute Gasteiger partial charge is 0.396 e. The number of rotatable bonds is 6. The second-order valence-electron chi connectivity index (χ2n) is 3.51. The van der Waals surface area contributed by atoms with Crippen LogP contribution >= 0.6 is 11.6 Å². The molecule has 1 aromatic rings. The summed E-state index contributed by atoms with van der Waals surface area (Å²) in [6.07, 6.45) is 0. The summed E-state index contributed by atoms with van der Waals surface area (Å²) < 4.78 is 5.32. The lowest BCUT2D eigenvalue weighted by molar-refractivity contribution is 0.167. The molecule has 0 aromatic carbocycles. The highest BCUT2D eigenvalue weighted by atomic mass is 35.5. The van der Waals surface area contributed by atoms with Crippen LogP contribution in [0.3, 0.4) is 0 Å². The maximum absolute atomic E-state index is 5.75. The molecule has 4 nitrogen and oxygen atoms in total. The van der Waals surface area contributed by atoms with Crippen LogP contribution in [0.1, 0.15) is 6.92 Å². The monoisotopic (exact) mass is 241 g/mol. The summed E-state index contributed by atoms with van der Waals surface area (Å²) in [4.78, 5) is 4.06. The van der Waals surface area contributed by atoms with Crippen LogP contribution in [-0.4, -0.2) is 24.7 Å². The van der Waals surface area contributed by atoms with E-state index in [1.54, 1.807) is 12.1 Å². The van der Waals surface area contributed by atoms with Crippen molar-refractivity contribution in [2.45, 2.75) is 6.92 Å². The first-order valence-electron chi connectivity index (χ1n) is 4.97. The Kier molecular flexibility index (Phi) is 5.08. The van der Waals surface area contributed by atoms with Crippen molar-refractivity contribution in [1.82, 2.24) is 4.98 Å². The topological polar surface area (TPSA) is 60.2 Å². The van der Waals surface area contributed by atoms with E-state index in [0.717, 1.165) is 5.57 Å². The molecule has 0 radical (unpaired) electrons. The second kappa shape index (κ2) is 6.35. The van der Waals surface area contributed by atoms with Gasteiger partial charge >= 0.3 is 0 Å². The van der Waals surface area contributed by atoms with Crippen LogP contribution in [0.15, 0.2) is 24.3 Å². The Balaban J connectivity index is 2.31. The van der Waals surface area contributed by atoms with Gasteiger partial charge in [0, 0.05) is 6.54 Å². The predicted octanol–water partition coefficient (Wildman–Crippen LogP) is 2.32. The Labute approximate surface area is 100 Å². The minimum atomic E-state index is 0.416. The van der Waals surface area contributed by atoms with E-state index < -0.39 is 0 Å². The van der Waals surface area contributed by atoms with Gasteiger partial charge in [-0.25, -0.2) is 4.98 Å². The number of nitrogens with two attached hydrogens (primary N) is 1. The van der Waals surface area contributed by atoms with Gasteiger partial charge in [0.05, 0.1) is 18.9 Å². The summed E-state index contributed by atoms with van der Waals surface area (Å²) in [5, 5.41) is 3.47. The number of nitrogens with one attached hydrogen (secondary N) is 1. The van der Waals surface area contributed by atoms with E-state index in [0.29, 0.717) is 36.4 Å². The van der Waals surface area contributed by atoms with Gasteiger partial charge in [0.15, 0.2) is 5.82 Å². The first kappa shape index (κ1) is 12.8. The number of aromatic nitrogens is 1. The molecule has 0 aliphatic rings. The van der Waals surface area contributed by atoms with Crippen molar-refractivity contribution < 1.29 is 4.74 Å². The Hall–Kier alpha value is -1.26. The third-order valence-electron chi connectivity index (χ3n) is 1.78. The van der Waals surface area contributed by atoms with Gasteiger partial charge in [0.1, 0.15) is 5.15 Å². The number of hydrogen-bond donors (Lipinski definition) is 2. The van der Waals surface area contributed by atoms with Crippen molar-refractivity contribution in [3.8, 4) is 0 Å². The molecule has 16 heavy (non-hydrogen) atoms. The van der Waals surface area contributed by atoms with Gasteiger partial charge in [0.2, 0.25) is 0 Å². The van der Waals surface area contributed by atoms with Crippen molar-refractivity contribution in [3.63, 3.8) is 0 Å². The van der Waals surface area contributed by atoms with Crippen LogP contribution in [0.5, 0.6) is 0 Å². The van der Waals surface area contributed by atoms with Crippen molar-refractivity contribution in [3.05, 3.63) is 29.4 Å². The lowest BCUT2D eigenvalue weighted by atomic mass is 10.4. The van der Waals surface area contributed by atoms with Crippen LogP contribution in [0.25, 0.3) is 0 Å². The summed E-state index contributed by atoms with van der Waals surface area (Å²) in [7, 11) is 0. The molecule has 0 atom stereocenters. The molecule has 1 heterocycles. The number of nitrogens with zero attached hydrogens (tertiary/aromatic N) is 1. The smallest absolute Gasteiger partial charge is 0.151 e. The fourth-order valence-corrected chi connectivity index (χ4v) is 1.22. The van der Waals surface area contributed by atoms with E-state index in [1.807, 2.05) is 6.92 Å². The fraction of sp³-hybridized carbons (Fsp3) is 0.364. The molecule has 0 spiro atoms. The molecule has 1 rings (SSSR count). The minimum absolute atomic E-state index is 0.416. The van der Waals surface area contributed by atoms with Crippen LogP contribution < -0.4 is 11.1 Å². The van der Waals surface area contributed by atoms with Gasteiger partial charge in [-0.2, -0.15) is 0 Å². The van der Waals surface area contributed by atoms with E-state index in [2.05, 4.69) is 16.9 Å². The zero-order valence-corrected chi connectivity index (χ0v) is 10.0. The maximum atomic E-state index is 5.75. The normalized spacial score (nSPS) is 10.1. The summed E-state index contributed by atoms with van der Waals surface area (Å²) in [6.45, 7) is 7.43. The Bertz CT molecular complexity index is 368. The molecule has 88 valence electrons. The average molecular weight is 242 g/mol. The van der Waals surface area contributed by atoms with Crippen LogP contribution in [0.2, 0.25) is 5.15 Å². The van der Waals surface area contributed by atoms with Crippen molar-refractivity contribution >= 4 is 23.1 Å². The predicted molar refractivity (Wildman–Crippen MR) is 67.8 cm³/mol. The highest BCUT2D eigenvalue weighted by Crippen LogP contribution is 2.17. The standard InChI is InChI=1S/C11H16ClN3O/c1-8(2)7-16-6-5-14-11-9(13)3-4-10(12)15-11/h3-4H,1,5-7,13H2,2H3,(H,14,15). The number of anilines is 2. The molecule has 0 bridgehead atoms. The molecule has 0 unspecified atom stereocenters. The fourth-order valence-electron chi connectivity index (χ4n) is 1.08. The Morgan fingerprint density at radius 1 is 1.62 bits per heavy atom. The summed E-state index contributed by atoms with van der Waals surface area (Å²) in [5.41, 5.74) is 7.29.